The Morgan fingerprint density at radius 2 is 1.75 bits per heavy atom. The topological polar surface area (TPSA) is 55.8 Å². The number of ether oxygens (including phenoxy) is 1. The minimum Gasteiger partial charge on any atom is -0.450 e. The molecular formula is C19H33BO4. The van der Waals surface area contributed by atoms with Crippen molar-refractivity contribution in [1.82, 2.24) is 0 Å². The fourth-order valence-electron chi connectivity index (χ4n) is 1.63. The number of rotatable bonds is 7. The Morgan fingerprint density at radius 1 is 1.17 bits per heavy atom. The fourth-order valence-corrected chi connectivity index (χ4v) is 1.63. The van der Waals surface area contributed by atoms with E-state index in [4.69, 9.17) is 9.39 Å². The maximum absolute atomic E-state index is 11.5. The van der Waals surface area contributed by atoms with Gasteiger partial charge in [-0.2, -0.15) is 0 Å². The van der Waals surface area contributed by atoms with Gasteiger partial charge in [0.1, 0.15) is 5.60 Å². The molecule has 0 rings (SSSR count). The van der Waals surface area contributed by atoms with Crippen molar-refractivity contribution in [2.24, 2.45) is 0 Å². The highest BCUT2D eigenvalue weighted by molar-refractivity contribution is 6.38. The van der Waals surface area contributed by atoms with Gasteiger partial charge < -0.3 is 14.5 Å². The zero-order valence-corrected chi connectivity index (χ0v) is 16.6. The lowest BCUT2D eigenvalue weighted by Crippen LogP contribution is -2.48. The Balaban J connectivity index is 4.54. The number of aliphatic hydroxyl groups is 1. The number of hydrogen-bond donors (Lipinski definition) is 1. The van der Waals surface area contributed by atoms with E-state index in [0.717, 1.165) is 18.3 Å². The molecule has 0 saturated carbocycles. The summed E-state index contributed by atoms with van der Waals surface area (Å²) in [6.07, 6.45) is 4.31. The normalized spacial score (nSPS) is 13.1. The van der Waals surface area contributed by atoms with Crippen LogP contribution in [-0.2, 0) is 14.2 Å². The molecule has 5 heteroatoms. The van der Waals surface area contributed by atoms with Crippen LogP contribution in [0.4, 0.5) is 0 Å². The van der Waals surface area contributed by atoms with E-state index in [9.17, 15) is 9.90 Å². The molecular weight excluding hydrogens is 303 g/mol. The first kappa shape index (κ1) is 22.8. The standard InChI is InChI=1S/C19H33BO4/c1-9-12-15(20-24-19(7,8)18(5,6)22)13-10-11-14-16(21)23-17(2,3)4/h12,20,22H,9-10,13H2,1-8H3/b15-12+. The van der Waals surface area contributed by atoms with Crippen LogP contribution in [0.15, 0.2) is 11.5 Å². The third kappa shape index (κ3) is 9.80. The summed E-state index contributed by atoms with van der Waals surface area (Å²) in [5.74, 6) is 4.87. The van der Waals surface area contributed by atoms with E-state index in [-0.39, 0.29) is 0 Å². The van der Waals surface area contributed by atoms with Gasteiger partial charge in [0.2, 0.25) is 0 Å². The molecule has 0 aliphatic carbocycles. The molecule has 0 aliphatic rings. The van der Waals surface area contributed by atoms with Gasteiger partial charge in [0.05, 0.1) is 11.2 Å². The lowest BCUT2D eigenvalue weighted by molar-refractivity contribution is -0.147. The van der Waals surface area contributed by atoms with Gasteiger partial charge in [-0.15, -0.1) is 0 Å². The van der Waals surface area contributed by atoms with Crippen molar-refractivity contribution >= 4 is 13.5 Å². The monoisotopic (exact) mass is 336 g/mol. The average Bonchev–Trinajstić information content (AvgIpc) is 2.37. The lowest BCUT2D eigenvalue weighted by atomic mass is 9.79. The Labute approximate surface area is 148 Å². The SMILES string of the molecule is CC/C=C(/BOC(C)(C)C(C)(C)O)CCC#CC(=O)OC(C)(C)C. The summed E-state index contributed by atoms with van der Waals surface area (Å²) in [7, 11) is 0.443. The molecule has 0 bridgehead atoms. The second-order valence-electron chi connectivity index (χ2n) is 7.93. The molecule has 0 amide bonds. The highest BCUT2D eigenvalue weighted by Gasteiger charge is 2.35. The largest absolute Gasteiger partial charge is 0.450 e. The van der Waals surface area contributed by atoms with Gasteiger partial charge >= 0.3 is 13.5 Å². The maximum atomic E-state index is 11.5. The van der Waals surface area contributed by atoms with Gasteiger partial charge in [0, 0.05) is 12.3 Å². The third-order valence-electron chi connectivity index (χ3n) is 3.75. The van der Waals surface area contributed by atoms with Gasteiger partial charge in [-0.25, -0.2) is 4.79 Å². The molecule has 136 valence electrons. The zero-order valence-electron chi connectivity index (χ0n) is 16.6. The summed E-state index contributed by atoms with van der Waals surface area (Å²) < 4.78 is 11.0. The average molecular weight is 336 g/mol. The van der Waals surface area contributed by atoms with E-state index >= 15 is 0 Å². The van der Waals surface area contributed by atoms with Crippen LogP contribution in [-0.4, -0.2) is 35.4 Å². The van der Waals surface area contributed by atoms with Crippen LogP contribution in [0.1, 0.15) is 74.7 Å². The van der Waals surface area contributed by atoms with E-state index in [1.165, 1.54) is 0 Å². The third-order valence-corrected chi connectivity index (χ3v) is 3.75. The van der Waals surface area contributed by atoms with E-state index in [2.05, 4.69) is 24.8 Å². The van der Waals surface area contributed by atoms with E-state index < -0.39 is 22.8 Å². The number of carbonyl (C=O) groups excluding carboxylic acids is 1. The Morgan fingerprint density at radius 3 is 2.21 bits per heavy atom. The van der Waals surface area contributed by atoms with Gasteiger partial charge in [-0.1, -0.05) is 24.4 Å². The molecule has 0 spiro atoms. The highest BCUT2D eigenvalue weighted by Crippen LogP contribution is 2.25. The molecule has 0 fully saturated rings. The first-order valence-electron chi connectivity index (χ1n) is 8.54. The van der Waals surface area contributed by atoms with Crippen molar-refractivity contribution < 1.29 is 19.3 Å². The van der Waals surface area contributed by atoms with Crippen LogP contribution in [0.3, 0.4) is 0 Å². The Hall–Kier alpha value is -1.25. The molecule has 4 nitrogen and oxygen atoms in total. The van der Waals surface area contributed by atoms with Crippen molar-refractivity contribution in [3.8, 4) is 11.8 Å². The Kier molecular flexibility index (Phi) is 8.81. The molecule has 0 unspecified atom stereocenters. The van der Waals surface area contributed by atoms with Crippen molar-refractivity contribution in [3.05, 3.63) is 11.5 Å². The molecule has 0 aliphatic heterocycles. The van der Waals surface area contributed by atoms with Crippen molar-refractivity contribution in [2.75, 3.05) is 0 Å². The minimum absolute atomic E-state index is 0.443. The van der Waals surface area contributed by atoms with Crippen LogP contribution < -0.4 is 0 Å². The number of esters is 1. The summed E-state index contributed by atoms with van der Waals surface area (Å²) in [4.78, 5) is 11.5. The molecule has 0 aromatic heterocycles. The van der Waals surface area contributed by atoms with Gasteiger partial charge in [-0.3, -0.25) is 0 Å². The van der Waals surface area contributed by atoms with Crippen molar-refractivity contribution in [1.29, 1.82) is 0 Å². The number of hydrogen-bond acceptors (Lipinski definition) is 4. The van der Waals surface area contributed by atoms with Crippen molar-refractivity contribution in [3.63, 3.8) is 0 Å². The molecule has 0 radical (unpaired) electrons. The zero-order chi connectivity index (χ0) is 19.0. The summed E-state index contributed by atoms with van der Waals surface area (Å²) >= 11 is 0. The van der Waals surface area contributed by atoms with E-state index in [1.807, 2.05) is 34.6 Å². The number of carbonyl (C=O) groups is 1. The molecule has 0 heterocycles. The smallest absolute Gasteiger partial charge is 0.384 e. The van der Waals surface area contributed by atoms with Crippen LogP contribution in [0.25, 0.3) is 0 Å². The molecule has 0 saturated heterocycles. The van der Waals surface area contributed by atoms with Gasteiger partial charge in [-0.05, 0) is 61.3 Å². The summed E-state index contributed by atoms with van der Waals surface area (Å²) in [5.41, 5.74) is -0.980. The van der Waals surface area contributed by atoms with Crippen LogP contribution >= 0.6 is 0 Å². The first-order chi connectivity index (χ1) is 10.8. The molecule has 1 N–H and O–H groups in total. The summed E-state index contributed by atoms with van der Waals surface area (Å²) in [5, 5.41) is 10.1. The predicted molar refractivity (Wildman–Crippen MR) is 99.8 cm³/mol. The predicted octanol–water partition coefficient (Wildman–Crippen LogP) is 3.32. The summed E-state index contributed by atoms with van der Waals surface area (Å²) in [6.45, 7) is 14.7. The molecule has 24 heavy (non-hydrogen) atoms. The molecule has 0 aromatic carbocycles. The van der Waals surface area contributed by atoms with Crippen molar-refractivity contribution in [2.45, 2.75) is 91.5 Å². The fraction of sp³-hybridized carbons (Fsp3) is 0.737. The summed E-state index contributed by atoms with van der Waals surface area (Å²) in [6, 6.07) is 0. The minimum atomic E-state index is -0.930. The van der Waals surface area contributed by atoms with Crippen LogP contribution in [0.2, 0.25) is 0 Å². The molecule has 0 aromatic rings. The van der Waals surface area contributed by atoms with Gasteiger partial charge in [0.25, 0.3) is 0 Å². The van der Waals surface area contributed by atoms with Gasteiger partial charge in [0.15, 0.2) is 0 Å². The number of allylic oxidation sites excluding steroid dienone is 2. The lowest BCUT2D eigenvalue weighted by Gasteiger charge is -2.37. The second kappa shape index (κ2) is 9.29. The first-order valence-corrected chi connectivity index (χ1v) is 8.54. The second-order valence-corrected chi connectivity index (χ2v) is 7.93. The van der Waals surface area contributed by atoms with Crippen LogP contribution in [0, 0.1) is 11.8 Å². The maximum Gasteiger partial charge on any atom is 0.384 e. The quantitative estimate of drug-likeness (QED) is 0.335. The highest BCUT2D eigenvalue weighted by atomic mass is 16.6. The van der Waals surface area contributed by atoms with E-state index in [1.54, 1.807) is 13.8 Å². The van der Waals surface area contributed by atoms with E-state index in [0.29, 0.717) is 13.9 Å². The Bertz CT molecular complexity index is 496. The molecule has 0 atom stereocenters. The van der Waals surface area contributed by atoms with Crippen LogP contribution in [0.5, 0.6) is 0 Å².